The molecule has 0 aliphatic carbocycles. The zero-order valence-electron chi connectivity index (χ0n) is 14.2. The summed E-state index contributed by atoms with van der Waals surface area (Å²) < 4.78 is 0. The second-order valence-corrected chi connectivity index (χ2v) is 6.36. The molecule has 1 atom stereocenters. The van der Waals surface area contributed by atoms with E-state index in [1.165, 1.54) is 0 Å². The van der Waals surface area contributed by atoms with Crippen LogP contribution in [-0.2, 0) is 6.54 Å². The van der Waals surface area contributed by atoms with Crippen molar-refractivity contribution >= 4 is 17.6 Å². The second-order valence-electron chi connectivity index (χ2n) is 5.93. The summed E-state index contributed by atoms with van der Waals surface area (Å²) in [6.45, 7) is 1.07. The fourth-order valence-corrected chi connectivity index (χ4v) is 2.56. The van der Waals surface area contributed by atoms with Gasteiger partial charge in [0.2, 0.25) is 0 Å². The van der Waals surface area contributed by atoms with Crippen molar-refractivity contribution in [1.82, 2.24) is 20.1 Å². The minimum Gasteiger partial charge on any atom is -0.336 e. The molecule has 5 nitrogen and oxygen atoms in total. The largest absolute Gasteiger partial charge is 0.336 e. The smallest absolute Gasteiger partial charge is 0.317 e. The summed E-state index contributed by atoms with van der Waals surface area (Å²) >= 11 is 5.95. The van der Waals surface area contributed by atoms with Crippen LogP contribution in [0, 0.1) is 0 Å². The van der Waals surface area contributed by atoms with Gasteiger partial charge >= 0.3 is 6.03 Å². The number of amides is 2. The van der Waals surface area contributed by atoms with Gasteiger partial charge in [-0.3, -0.25) is 4.98 Å². The van der Waals surface area contributed by atoms with Gasteiger partial charge in [-0.15, -0.1) is 0 Å². The predicted octanol–water partition coefficient (Wildman–Crippen LogP) is 3.18. The highest BCUT2D eigenvalue weighted by Crippen LogP contribution is 2.19. The molecule has 0 aliphatic rings. The number of hydrogen-bond donors (Lipinski definition) is 1. The van der Waals surface area contributed by atoms with Gasteiger partial charge in [-0.1, -0.05) is 23.7 Å². The third-order valence-corrected chi connectivity index (χ3v) is 4.09. The molecule has 0 radical (unpaired) electrons. The lowest BCUT2D eigenvalue weighted by molar-refractivity contribution is 0.200. The highest BCUT2D eigenvalue weighted by atomic mass is 35.5. The molecule has 1 unspecified atom stereocenters. The first-order valence-electron chi connectivity index (χ1n) is 7.77. The molecule has 2 amide bonds. The Labute approximate surface area is 148 Å². The lowest BCUT2D eigenvalue weighted by Crippen LogP contribution is -2.41. The maximum atomic E-state index is 12.3. The Bertz CT molecular complexity index is 646. The van der Waals surface area contributed by atoms with Crippen molar-refractivity contribution in [3.8, 4) is 0 Å². The van der Waals surface area contributed by atoms with Gasteiger partial charge in [-0.05, 0) is 49.5 Å². The van der Waals surface area contributed by atoms with E-state index < -0.39 is 0 Å². The maximum absolute atomic E-state index is 12.3. The lowest BCUT2D eigenvalue weighted by atomic mass is 10.1. The van der Waals surface area contributed by atoms with Gasteiger partial charge in [0.1, 0.15) is 0 Å². The van der Waals surface area contributed by atoms with Crippen molar-refractivity contribution in [2.75, 3.05) is 27.7 Å². The number of nitrogens with zero attached hydrogens (tertiary/aromatic N) is 3. The highest BCUT2D eigenvalue weighted by molar-refractivity contribution is 6.30. The van der Waals surface area contributed by atoms with Crippen LogP contribution in [0.1, 0.15) is 17.2 Å². The van der Waals surface area contributed by atoms with Crippen molar-refractivity contribution in [2.24, 2.45) is 0 Å². The first kappa shape index (κ1) is 18.2. The van der Waals surface area contributed by atoms with E-state index in [-0.39, 0.29) is 12.1 Å². The number of rotatable bonds is 6. The number of likely N-dealkylation sites (N-methyl/N-ethyl adjacent to an activating group) is 1. The Hall–Kier alpha value is -2.11. The first-order chi connectivity index (χ1) is 11.5. The molecule has 128 valence electrons. The van der Waals surface area contributed by atoms with E-state index >= 15 is 0 Å². The van der Waals surface area contributed by atoms with E-state index in [9.17, 15) is 4.79 Å². The Balaban J connectivity index is 1.93. The number of urea groups is 1. The average molecular weight is 347 g/mol. The molecule has 0 bridgehead atoms. The molecule has 2 aromatic rings. The number of pyridine rings is 1. The summed E-state index contributed by atoms with van der Waals surface area (Å²) in [4.78, 5) is 20.0. The number of hydrogen-bond acceptors (Lipinski definition) is 3. The predicted molar refractivity (Wildman–Crippen MR) is 97.0 cm³/mol. The minimum absolute atomic E-state index is 0.0838. The van der Waals surface area contributed by atoms with Gasteiger partial charge < -0.3 is 15.1 Å². The molecule has 24 heavy (non-hydrogen) atoms. The van der Waals surface area contributed by atoms with Crippen molar-refractivity contribution in [2.45, 2.75) is 12.6 Å². The van der Waals surface area contributed by atoms with Gasteiger partial charge in [-0.25, -0.2) is 4.79 Å². The van der Waals surface area contributed by atoms with E-state index in [0.717, 1.165) is 11.1 Å². The van der Waals surface area contributed by atoms with E-state index in [1.54, 1.807) is 24.3 Å². The monoisotopic (exact) mass is 346 g/mol. The third kappa shape index (κ3) is 5.22. The van der Waals surface area contributed by atoms with Crippen LogP contribution in [0.25, 0.3) is 0 Å². The number of nitrogens with one attached hydrogen (secondary N) is 1. The molecule has 1 aromatic heterocycles. The molecule has 0 saturated heterocycles. The number of benzene rings is 1. The normalized spacial score (nSPS) is 12.0. The molecule has 0 spiro atoms. The Morgan fingerprint density at radius 3 is 2.33 bits per heavy atom. The molecule has 1 N–H and O–H groups in total. The summed E-state index contributed by atoms with van der Waals surface area (Å²) in [6, 6.07) is 11.5. The maximum Gasteiger partial charge on any atom is 0.317 e. The summed E-state index contributed by atoms with van der Waals surface area (Å²) in [5.41, 5.74) is 2.16. The van der Waals surface area contributed by atoms with Gasteiger partial charge in [0.05, 0.1) is 6.04 Å². The van der Waals surface area contributed by atoms with Crippen LogP contribution < -0.4 is 5.32 Å². The van der Waals surface area contributed by atoms with Crippen LogP contribution in [0.3, 0.4) is 0 Å². The number of halogens is 1. The van der Waals surface area contributed by atoms with Gasteiger partial charge in [0, 0.05) is 37.6 Å². The van der Waals surface area contributed by atoms with Gasteiger partial charge in [-0.2, -0.15) is 0 Å². The fraction of sp³-hybridized carbons (Fsp3) is 0.333. The molecular weight excluding hydrogens is 324 g/mol. The van der Waals surface area contributed by atoms with E-state index in [2.05, 4.69) is 15.2 Å². The number of carbonyl (C=O) groups is 1. The summed E-state index contributed by atoms with van der Waals surface area (Å²) in [5, 5.41) is 3.70. The van der Waals surface area contributed by atoms with Crippen LogP contribution in [0.15, 0.2) is 48.8 Å². The SMILES string of the molecule is CN(Cc1ccncc1)C(=O)NCC(c1ccc(Cl)cc1)N(C)C. The van der Waals surface area contributed by atoms with Crippen LogP contribution in [-0.4, -0.2) is 48.5 Å². The first-order valence-corrected chi connectivity index (χ1v) is 8.15. The molecule has 1 heterocycles. The van der Waals surface area contributed by atoms with Crippen LogP contribution >= 0.6 is 11.6 Å². The highest BCUT2D eigenvalue weighted by Gasteiger charge is 2.16. The standard InChI is InChI=1S/C18H23ClN4O/c1-22(2)17(15-4-6-16(19)7-5-15)12-21-18(24)23(3)13-14-8-10-20-11-9-14/h4-11,17H,12-13H2,1-3H3,(H,21,24). The van der Waals surface area contributed by atoms with Crippen molar-refractivity contribution in [3.63, 3.8) is 0 Å². The van der Waals surface area contributed by atoms with E-state index in [1.807, 2.05) is 50.5 Å². The summed E-state index contributed by atoms with van der Waals surface area (Å²) in [5.74, 6) is 0. The van der Waals surface area contributed by atoms with Crippen LogP contribution in [0.4, 0.5) is 4.79 Å². The second kappa shape index (κ2) is 8.66. The molecule has 2 rings (SSSR count). The molecule has 6 heteroatoms. The third-order valence-electron chi connectivity index (χ3n) is 3.84. The zero-order valence-corrected chi connectivity index (χ0v) is 15.0. The Morgan fingerprint density at radius 2 is 1.75 bits per heavy atom. The molecule has 0 fully saturated rings. The minimum atomic E-state index is -0.104. The summed E-state index contributed by atoms with van der Waals surface area (Å²) in [7, 11) is 5.76. The van der Waals surface area contributed by atoms with Crippen molar-refractivity contribution < 1.29 is 4.79 Å². The summed E-state index contributed by atoms with van der Waals surface area (Å²) in [6.07, 6.45) is 3.45. The van der Waals surface area contributed by atoms with Gasteiger partial charge in [0.25, 0.3) is 0 Å². The topological polar surface area (TPSA) is 48.5 Å². The Kier molecular flexibility index (Phi) is 6.58. The van der Waals surface area contributed by atoms with E-state index in [4.69, 9.17) is 11.6 Å². The molecular formula is C18H23ClN4O. The van der Waals surface area contributed by atoms with Gasteiger partial charge in [0.15, 0.2) is 0 Å². The molecule has 0 aliphatic heterocycles. The van der Waals surface area contributed by atoms with Crippen molar-refractivity contribution in [1.29, 1.82) is 0 Å². The quantitative estimate of drug-likeness (QED) is 0.874. The Morgan fingerprint density at radius 1 is 1.12 bits per heavy atom. The average Bonchev–Trinajstić information content (AvgIpc) is 2.57. The molecule has 0 saturated carbocycles. The van der Waals surface area contributed by atoms with E-state index in [0.29, 0.717) is 18.1 Å². The fourth-order valence-electron chi connectivity index (χ4n) is 2.44. The van der Waals surface area contributed by atoms with Crippen LogP contribution in [0.2, 0.25) is 5.02 Å². The lowest BCUT2D eigenvalue weighted by Gasteiger charge is -2.26. The number of carbonyl (C=O) groups excluding carboxylic acids is 1. The van der Waals surface area contributed by atoms with Crippen LogP contribution in [0.5, 0.6) is 0 Å². The van der Waals surface area contributed by atoms with Crippen molar-refractivity contribution in [3.05, 3.63) is 64.9 Å². The number of aromatic nitrogens is 1. The zero-order chi connectivity index (χ0) is 17.5. The molecule has 1 aromatic carbocycles.